The van der Waals surface area contributed by atoms with Gasteiger partial charge in [0.2, 0.25) is 0 Å². The number of benzene rings is 1. The minimum atomic E-state index is -0.343. The van der Waals surface area contributed by atoms with Crippen LogP contribution >= 0.6 is 0 Å². The van der Waals surface area contributed by atoms with Gasteiger partial charge in [0.15, 0.2) is 0 Å². The molecule has 0 bridgehead atoms. The number of aryl methyl sites for hydroxylation is 1. The van der Waals surface area contributed by atoms with E-state index in [1.54, 1.807) is 12.1 Å². The van der Waals surface area contributed by atoms with Crippen LogP contribution < -0.4 is 10.2 Å². The molecular weight excluding hydrogens is 230 g/mol. The summed E-state index contributed by atoms with van der Waals surface area (Å²) < 4.78 is 0. The van der Waals surface area contributed by atoms with Gasteiger partial charge in [-0.3, -0.25) is 10.1 Å². The zero-order chi connectivity index (χ0) is 13.1. The van der Waals surface area contributed by atoms with Crippen LogP contribution in [0.1, 0.15) is 12.0 Å². The fourth-order valence-electron chi connectivity index (χ4n) is 2.61. The van der Waals surface area contributed by atoms with Gasteiger partial charge in [0.25, 0.3) is 5.69 Å². The molecular formula is C13H19N3O2. The Morgan fingerprint density at radius 2 is 2.33 bits per heavy atom. The molecule has 1 aromatic carbocycles. The van der Waals surface area contributed by atoms with Crippen LogP contribution in [0.2, 0.25) is 0 Å². The molecule has 1 unspecified atom stereocenters. The third kappa shape index (κ3) is 2.61. The number of nitrogens with one attached hydrogen (secondary N) is 1. The zero-order valence-corrected chi connectivity index (χ0v) is 10.8. The lowest BCUT2D eigenvalue weighted by Gasteiger charge is -2.20. The van der Waals surface area contributed by atoms with Gasteiger partial charge in [-0.25, -0.2) is 0 Å². The number of rotatable bonds is 4. The summed E-state index contributed by atoms with van der Waals surface area (Å²) in [7, 11) is 1.97. The summed E-state index contributed by atoms with van der Waals surface area (Å²) in [6.07, 6.45) is 1.18. The number of anilines is 1. The van der Waals surface area contributed by atoms with E-state index < -0.39 is 0 Å². The molecule has 1 N–H and O–H groups in total. The molecule has 0 aliphatic carbocycles. The topological polar surface area (TPSA) is 58.4 Å². The number of nitrogens with zero attached hydrogens (tertiary/aromatic N) is 2. The van der Waals surface area contributed by atoms with Crippen LogP contribution in [0.4, 0.5) is 11.4 Å². The molecule has 1 aliphatic heterocycles. The van der Waals surface area contributed by atoms with Crippen molar-refractivity contribution in [3.63, 3.8) is 0 Å². The predicted molar refractivity (Wildman–Crippen MR) is 72.1 cm³/mol. The highest BCUT2D eigenvalue weighted by Crippen LogP contribution is 2.29. The van der Waals surface area contributed by atoms with E-state index in [1.165, 1.54) is 6.42 Å². The summed E-state index contributed by atoms with van der Waals surface area (Å²) in [5, 5.41) is 13.9. The summed E-state index contributed by atoms with van der Waals surface area (Å²) >= 11 is 0. The van der Waals surface area contributed by atoms with Crippen LogP contribution in [0.15, 0.2) is 18.2 Å². The Balaban J connectivity index is 2.12. The van der Waals surface area contributed by atoms with E-state index in [1.807, 2.05) is 20.0 Å². The molecule has 1 heterocycles. The molecule has 0 saturated carbocycles. The normalized spacial score (nSPS) is 19.2. The van der Waals surface area contributed by atoms with Gasteiger partial charge in [0, 0.05) is 30.9 Å². The molecule has 0 radical (unpaired) electrons. The highest BCUT2D eigenvalue weighted by atomic mass is 16.6. The zero-order valence-electron chi connectivity index (χ0n) is 10.8. The Hall–Kier alpha value is -1.62. The van der Waals surface area contributed by atoms with Gasteiger partial charge in [-0.2, -0.15) is 0 Å². The van der Waals surface area contributed by atoms with Crippen LogP contribution in [0, 0.1) is 23.0 Å². The third-order valence-corrected chi connectivity index (χ3v) is 3.51. The molecule has 0 spiro atoms. The highest BCUT2D eigenvalue weighted by molar-refractivity contribution is 5.57. The smallest absolute Gasteiger partial charge is 0.269 e. The molecule has 0 amide bonds. The SMILES string of the molecule is CNCC1CCN(c2ccc([N+](=O)[O-])cc2C)C1. The Morgan fingerprint density at radius 1 is 1.56 bits per heavy atom. The summed E-state index contributed by atoms with van der Waals surface area (Å²) in [4.78, 5) is 12.7. The van der Waals surface area contributed by atoms with Crippen LogP contribution in [0.3, 0.4) is 0 Å². The van der Waals surface area contributed by atoms with E-state index in [4.69, 9.17) is 0 Å². The van der Waals surface area contributed by atoms with E-state index in [0.29, 0.717) is 5.92 Å². The Morgan fingerprint density at radius 3 is 2.94 bits per heavy atom. The lowest BCUT2D eigenvalue weighted by molar-refractivity contribution is -0.384. The number of hydrogen-bond acceptors (Lipinski definition) is 4. The number of hydrogen-bond donors (Lipinski definition) is 1. The maximum atomic E-state index is 10.7. The van der Waals surface area contributed by atoms with Gasteiger partial charge >= 0.3 is 0 Å². The Labute approximate surface area is 107 Å². The molecule has 98 valence electrons. The van der Waals surface area contributed by atoms with Crippen molar-refractivity contribution in [3.8, 4) is 0 Å². The summed E-state index contributed by atoms with van der Waals surface area (Å²) in [6, 6.07) is 5.11. The molecule has 1 aromatic rings. The van der Waals surface area contributed by atoms with Gasteiger partial charge in [0.05, 0.1) is 4.92 Å². The second kappa shape index (κ2) is 5.35. The summed E-state index contributed by atoms with van der Waals surface area (Å²) in [5.41, 5.74) is 2.27. The van der Waals surface area contributed by atoms with E-state index >= 15 is 0 Å². The Kier molecular flexibility index (Phi) is 3.81. The van der Waals surface area contributed by atoms with Gasteiger partial charge in [-0.15, -0.1) is 0 Å². The molecule has 5 nitrogen and oxygen atoms in total. The number of nitro benzene ring substituents is 1. The van der Waals surface area contributed by atoms with Crippen LogP contribution in [-0.2, 0) is 0 Å². The largest absolute Gasteiger partial charge is 0.371 e. The minimum Gasteiger partial charge on any atom is -0.371 e. The van der Waals surface area contributed by atoms with Crippen molar-refractivity contribution < 1.29 is 4.92 Å². The molecule has 1 fully saturated rings. The van der Waals surface area contributed by atoms with Crippen molar-refractivity contribution in [1.29, 1.82) is 0 Å². The van der Waals surface area contributed by atoms with Crippen molar-refractivity contribution in [2.24, 2.45) is 5.92 Å². The molecule has 1 atom stereocenters. The van der Waals surface area contributed by atoms with Crippen molar-refractivity contribution in [1.82, 2.24) is 5.32 Å². The van der Waals surface area contributed by atoms with Gasteiger partial charge in [-0.1, -0.05) is 0 Å². The second-order valence-corrected chi connectivity index (χ2v) is 4.89. The van der Waals surface area contributed by atoms with E-state index in [9.17, 15) is 10.1 Å². The molecule has 5 heteroatoms. The first-order valence-corrected chi connectivity index (χ1v) is 6.26. The van der Waals surface area contributed by atoms with Crippen molar-refractivity contribution >= 4 is 11.4 Å². The van der Waals surface area contributed by atoms with E-state index in [0.717, 1.165) is 30.9 Å². The number of nitro groups is 1. The van der Waals surface area contributed by atoms with Crippen LogP contribution in [0.25, 0.3) is 0 Å². The average Bonchev–Trinajstić information content (AvgIpc) is 2.77. The van der Waals surface area contributed by atoms with Gasteiger partial charge in [-0.05, 0) is 44.5 Å². The maximum absolute atomic E-state index is 10.7. The predicted octanol–water partition coefficient (Wildman–Crippen LogP) is 1.95. The van der Waals surface area contributed by atoms with E-state index in [2.05, 4.69) is 10.2 Å². The van der Waals surface area contributed by atoms with Crippen molar-refractivity contribution in [2.45, 2.75) is 13.3 Å². The molecule has 0 aromatic heterocycles. The second-order valence-electron chi connectivity index (χ2n) is 4.89. The standard InChI is InChI=1S/C13H19N3O2/c1-10-7-12(16(17)18)3-4-13(10)15-6-5-11(9-15)8-14-2/h3-4,7,11,14H,5-6,8-9H2,1-2H3. The minimum absolute atomic E-state index is 0.169. The van der Waals surface area contributed by atoms with Crippen molar-refractivity contribution in [2.75, 3.05) is 31.6 Å². The molecule has 2 rings (SSSR count). The fraction of sp³-hybridized carbons (Fsp3) is 0.538. The summed E-state index contributed by atoms with van der Waals surface area (Å²) in [6.45, 7) is 5.03. The lowest BCUT2D eigenvalue weighted by atomic mass is 10.1. The average molecular weight is 249 g/mol. The maximum Gasteiger partial charge on any atom is 0.269 e. The molecule has 18 heavy (non-hydrogen) atoms. The molecule has 1 aliphatic rings. The van der Waals surface area contributed by atoms with Crippen molar-refractivity contribution in [3.05, 3.63) is 33.9 Å². The first-order valence-electron chi connectivity index (χ1n) is 6.26. The highest BCUT2D eigenvalue weighted by Gasteiger charge is 2.23. The van der Waals surface area contributed by atoms with E-state index in [-0.39, 0.29) is 10.6 Å². The van der Waals surface area contributed by atoms with Gasteiger partial charge < -0.3 is 10.2 Å². The fourth-order valence-corrected chi connectivity index (χ4v) is 2.61. The monoisotopic (exact) mass is 249 g/mol. The first kappa shape index (κ1) is 12.8. The Bertz CT molecular complexity index is 448. The number of non-ortho nitro benzene ring substituents is 1. The summed E-state index contributed by atoms with van der Waals surface area (Å²) in [5.74, 6) is 0.671. The molecule has 1 saturated heterocycles. The third-order valence-electron chi connectivity index (χ3n) is 3.51. The van der Waals surface area contributed by atoms with Gasteiger partial charge in [0.1, 0.15) is 0 Å². The first-order chi connectivity index (χ1) is 8.61. The van der Waals surface area contributed by atoms with Crippen LogP contribution in [0.5, 0.6) is 0 Å². The lowest BCUT2D eigenvalue weighted by Crippen LogP contribution is -2.24. The van der Waals surface area contributed by atoms with Crippen LogP contribution in [-0.4, -0.2) is 31.6 Å². The quantitative estimate of drug-likeness (QED) is 0.654.